The molecule has 10 heavy (non-hydrogen) atoms. The smallest absolute Gasteiger partial charge is 0.157 e. The van der Waals surface area contributed by atoms with Crippen molar-refractivity contribution in [3.63, 3.8) is 0 Å². The molecule has 0 saturated carbocycles. The average molecular weight is 158 g/mol. The maximum absolute atomic E-state index is 11.1. The van der Waals surface area contributed by atoms with E-state index in [9.17, 15) is 8.42 Å². The molecule has 0 amide bonds. The summed E-state index contributed by atoms with van der Waals surface area (Å²) >= 11 is 0. The minimum absolute atomic E-state index is 0.301. The number of hydrogen-bond donors (Lipinski definition) is 0. The van der Waals surface area contributed by atoms with Crippen molar-refractivity contribution in [1.29, 1.82) is 0 Å². The lowest BCUT2D eigenvalue weighted by molar-refractivity contribution is 0.597. The molecule has 0 bridgehead atoms. The molecule has 1 heterocycles. The van der Waals surface area contributed by atoms with Crippen molar-refractivity contribution in [2.45, 2.75) is 18.1 Å². The Morgan fingerprint density at radius 3 is 2.70 bits per heavy atom. The Morgan fingerprint density at radius 1 is 1.60 bits per heavy atom. The van der Waals surface area contributed by atoms with E-state index in [2.05, 4.69) is 12.3 Å². The standard InChI is InChI=1S/C7H10O2S/c1-2-4-7-5-3-6-10(7,8)9/h4,7H,1,3,5-6H2. The van der Waals surface area contributed by atoms with Crippen LogP contribution < -0.4 is 0 Å². The van der Waals surface area contributed by atoms with Crippen LogP contribution in [0.25, 0.3) is 0 Å². The molecule has 0 spiro atoms. The van der Waals surface area contributed by atoms with Crippen molar-refractivity contribution in [1.82, 2.24) is 0 Å². The first kappa shape index (κ1) is 7.58. The first-order chi connectivity index (χ1) is 4.67. The summed E-state index contributed by atoms with van der Waals surface area (Å²) in [6.45, 7) is 3.34. The third kappa shape index (κ3) is 1.31. The second kappa shape index (κ2) is 2.60. The van der Waals surface area contributed by atoms with Crippen LogP contribution in [0.5, 0.6) is 0 Å². The van der Waals surface area contributed by atoms with Crippen molar-refractivity contribution < 1.29 is 8.42 Å². The van der Waals surface area contributed by atoms with Crippen molar-refractivity contribution >= 4 is 9.84 Å². The van der Waals surface area contributed by atoms with Gasteiger partial charge in [0.25, 0.3) is 0 Å². The Labute approximate surface area is 61.2 Å². The Hall–Kier alpha value is -0.530. The van der Waals surface area contributed by atoms with Gasteiger partial charge < -0.3 is 0 Å². The zero-order valence-electron chi connectivity index (χ0n) is 5.71. The topological polar surface area (TPSA) is 34.1 Å². The molecule has 1 rings (SSSR count). The SMILES string of the molecule is C=C=CC1CCCS1(=O)=O. The molecule has 0 N–H and O–H groups in total. The van der Waals surface area contributed by atoms with Crippen LogP contribution in [0.3, 0.4) is 0 Å². The quantitative estimate of drug-likeness (QED) is 0.531. The van der Waals surface area contributed by atoms with Gasteiger partial charge in [0, 0.05) is 0 Å². The van der Waals surface area contributed by atoms with Gasteiger partial charge in [0.2, 0.25) is 0 Å². The van der Waals surface area contributed by atoms with Crippen molar-refractivity contribution in [3.8, 4) is 0 Å². The molecule has 0 radical (unpaired) electrons. The van der Waals surface area contributed by atoms with E-state index in [0.717, 1.165) is 12.8 Å². The van der Waals surface area contributed by atoms with Gasteiger partial charge in [0.15, 0.2) is 9.84 Å². The summed E-state index contributed by atoms with van der Waals surface area (Å²) in [7, 11) is -2.81. The molecule has 1 saturated heterocycles. The van der Waals surface area contributed by atoms with Crippen molar-refractivity contribution in [2.75, 3.05) is 5.75 Å². The van der Waals surface area contributed by atoms with Gasteiger partial charge in [-0.25, -0.2) is 8.42 Å². The summed E-state index contributed by atoms with van der Waals surface area (Å²) in [4.78, 5) is 0. The highest BCUT2D eigenvalue weighted by Crippen LogP contribution is 2.20. The molecule has 56 valence electrons. The first-order valence-corrected chi connectivity index (χ1v) is 4.96. The van der Waals surface area contributed by atoms with Crippen molar-refractivity contribution in [3.05, 3.63) is 18.4 Å². The zero-order chi connectivity index (χ0) is 7.61. The molecule has 1 fully saturated rings. The Bertz CT molecular complexity index is 257. The van der Waals surface area contributed by atoms with Gasteiger partial charge in [-0.05, 0) is 18.9 Å². The van der Waals surface area contributed by atoms with Gasteiger partial charge in [-0.3, -0.25) is 0 Å². The summed E-state index contributed by atoms with van der Waals surface area (Å²) in [5.74, 6) is 0.329. The van der Waals surface area contributed by atoms with Crippen LogP contribution in [0.2, 0.25) is 0 Å². The largest absolute Gasteiger partial charge is 0.228 e. The van der Waals surface area contributed by atoms with Gasteiger partial charge in [0.1, 0.15) is 0 Å². The van der Waals surface area contributed by atoms with Crippen molar-refractivity contribution in [2.24, 2.45) is 0 Å². The highest BCUT2D eigenvalue weighted by molar-refractivity contribution is 7.92. The molecular formula is C7H10O2S. The van der Waals surface area contributed by atoms with E-state index in [1.807, 2.05) is 0 Å². The summed E-state index contributed by atoms with van der Waals surface area (Å²) in [5.41, 5.74) is 2.51. The molecule has 1 aliphatic rings. The van der Waals surface area contributed by atoms with E-state index >= 15 is 0 Å². The van der Waals surface area contributed by atoms with E-state index in [1.165, 1.54) is 0 Å². The number of rotatable bonds is 1. The van der Waals surface area contributed by atoms with Gasteiger partial charge in [-0.2, -0.15) is 0 Å². The maximum Gasteiger partial charge on any atom is 0.157 e. The predicted octanol–water partition coefficient (Wildman–Crippen LogP) is 0.905. The number of hydrogen-bond acceptors (Lipinski definition) is 2. The van der Waals surface area contributed by atoms with E-state index in [4.69, 9.17) is 0 Å². The lowest BCUT2D eigenvalue weighted by Crippen LogP contribution is -2.11. The van der Waals surface area contributed by atoms with E-state index in [1.54, 1.807) is 6.08 Å². The first-order valence-electron chi connectivity index (χ1n) is 3.24. The molecule has 0 aromatic heterocycles. The van der Waals surface area contributed by atoms with E-state index < -0.39 is 9.84 Å². The second-order valence-electron chi connectivity index (χ2n) is 2.42. The predicted molar refractivity (Wildman–Crippen MR) is 40.5 cm³/mol. The highest BCUT2D eigenvalue weighted by Gasteiger charge is 2.28. The third-order valence-electron chi connectivity index (χ3n) is 1.68. The zero-order valence-corrected chi connectivity index (χ0v) is 6.52. The van der Waals surface area contributed by atoms with E-state index in [0.29, 0.717) is 5.75 Å². The lowest BCUT2D eigenvalue weighted by atomic mass is 10.2. The van der Waals surface area contributed by atoms with Gasteiger partial charge in [0.05, 0.1) is 11.0 Å². The molecule has 3 heteroatoms. The average Bonchev–Trinajstić information content (AvgIpc) is 2.13. The fourth-order valence-electron chi connectivity index (χ4n) is 1.14. The summed E-state index contributed by atoms with van der Waals surface area (Å²) in [6, 6.07) is 0. The monoisotopic (exact) mass is 158 g/mol. The summed E-state index contributed by atoms with van der Waals surface area (Å²) < 4.78 is 22.1. The minimum Gasteiger partial charge on any atom is -0.228 e. The fourth-order valence-corrected chi connectivity index (χ4v) is 2.84. The summed E-state index contributed by atoms with van der Waals surface area (Å²) in [5, 5.41) is -0.301. The Morgan fingerprint density at radius 2 is 2.30 bits per heavy atom. The normalized spacial score (nSPS) is 29.4. The van der Waals surface area contributed by atoms with Gasteiger partial charge >= 0.3 is 0 Å². The van der Waals surface area contributed by atoms with Crippen LogP contribution >= 0.6 is 0 Å². The lowest BCUT2D eigenvalue weighted by Gasteiger charge is -1.98. The number of sulfone groups is 1. The van der Waals surface area contributed by atoms with Gasteiger partial charge in [-0.15, -0.1) is 5.73 Å². The fraction of sp³-hybridized carbons (Fsp3) is 0.571. The van der Waals surface area contributed by atoms with Crippen LogP contribution in [0, 0.1) is 0 Å². The van der Waals surface area contributed by atoms with E-state index in [-0.39, 0.29) is 5.25 Å². The molecular weight excluding hydrogens is 148 g/mol. The molecule has 1 unspecified atom stereocenters. The molecule has 0 aromatic carbocycles. The molecule has 2 nitrogen and oxygen atoms in total. The summed E-state index contributed by atoms with van der Waals surface area (Å²) in [6.07, 6.45) is 3.07. The second-order valence-corrected chi connectivity index (χ2v) is 4.76. The van der Waals surface area contributed by atoms with Crippen LogP contribution in [-0.2, 0) is 9.84 Å². The Kier molecular flexibility index (Phi) is 1.97. The highest BCUT2D eigenvalue weighted by atomic mass is 32.2. The maximum atomic E-state index is 11.1. The molecule has 1 atom stereocenters. The molecule has 0 aromatic rings. The molecule has 0 aliphatic carbocycles. The van der Waals surface area contributed by atoms with Crippen LogP contribution in [-0.4, -0.2) is 19.4 Å². The minimum atomic E-state index is -2.81. The van der Waals surface area contributed by atoms with Crippen LogP contribution in [0.15, 0.2) is 18.4 Å². The molecule has 1 aliphatic heterocycles. The van der Waals surface area contributed by atoms with Gasteiger partial charge in [-0.1, -0.05) is 6.58 Å². The third-order valence-corrected chi connectivity index (χ3v) is 3.83. The van der Waals surface area contributed by atoms with Crippen LogP contribution in [0.1, 0.15) is 12.8 Å². The Balaban J connectivity index is 2.89. The van der Waals surface area contributed by atoms with Crippen LogP contribution in [0.4, 0.5) is 0 Å².